The van der Waals surface area contributed by atoms with Crippen molar-refractivity contribution in [3.8, 4) is 5.69 Å². The van der Waals surface area contributed by atoms with E-state index in [2.05, 4.69) is 5.10 Å². The molecule has 0 aliphatic heterocycles. The first kappa shape index (κ1) is 11.3. The number of hydrogen-bond donors (Lipinski definition) is 1. The second-order valence-corrected chi connectivity index (χ2v) is 4.80. The zero-order valence-electron chi connectivity index (χ0n) is 9.51. The number of para-hydroxylation sites is 1. The average Bonchev–Trinajstić information content (AvgIpc) is 3.09. The molecule has 4 nitrogen and oxygen atoms in total. The molecule has 0 saturated heterocycles. The number of aromatic carboxylic acids is 1. The highest BCUT2D eigenvalue weighted by Crippen LogP contribution is 2.40. The first-order valence-corrected chi connectivity index (χ1v) is 6.13. The molecule has 1 N–H and O–H groups in total. The van der Waals surface area contributed by atoms with Crippen molar-refractivity contribution < 1.29 is 9.90 Å². The third kappa shape index (κ3) is 1.88. The Morgan fingerprint density at radius 3 is 2.72 bits per heavy atom. The number of nitrogens with zero attached hydrogens (tertiary/aromatic N) is 2. The van der Waals surface area contributed by atoms with Gasteiger partial charge in [0.15, 0.2) is 5.69 Å². The summed E-state index contributed by atoms with van der Waals surface area (Å²) in [4.78, 5) is 11.3. The summed E-state index contributed by atoms with van der Waals surface area (Å²) in [5.74, 6) is -0.582. The average molecular weight is 263 g/mol. The van der Waals surface area contributed by atoms with Crippen molar-refractivity contribution in [3.05, 3.63) is 46.7 Å². The molecule has 1 aromatic heterocycles. The van der Waals surface area contributed by atoms with Crippen LogP contribution in [0, 0.1) is 0 Å². The van der Waals surface area contributed by atoms with Gasteiger partial charge in [0.2, 0.25) is 0 Å². The van der Waals surface area contributed by atoms with E-state index in [1.165, 1.54) is 4.68 Å². The summed E-state index contributed by atoms with van der Waals surface area (Å²) in [6, 6.07) is 8.74. The van der Waals surface area contributed by atoms with E-state index in [1.54, 1.807) is 24.3 Å². The van der Waals surface area contributed by atoms with Gasteiger partial charge in [0.1, 0.15) is 0 Å². The summed E-state index contributed by atoms with van der Waals surface area (Å²) < 4.78 is 1.42. The largest absolute Gasteiger partial charge is 0.477 e. The molecule has 0 bridgehead atoms. The van der Waals surface area contributed by atoms with Crippen molar-refractivity contribution in [2.24, 2.45) is 0 Å². The van der Waals surface area contributed by atoms with Gasteiger partial charge in [0.05, 0.1) is 16.4 Å². The van der Waals surface area contributed by atoms with Crippen LogP contribution in [0.1, 0.15) is 34.9 Å². The van der Waals surface area contributed by atoms with Crippen LogP contribution in [-0.4, -0.2) is 20.9 Å². The molecule has 1 saturated carbocycles. The molecule has 5 heteroatoms. The first-order chi connectivity index (χ1) is 8.66. The van der Waals surface area contributed by atoms with Crippen LogP contribution in [-0.2, 0) is 0 Å². The second kappa shape index (κ2) is 4.14. The van der Waals surface area contributed by atoms with Gasteiger partial charge < -0.3 is 5.11 Å². The molecule has 1 aliphatic carbocycles. The molecule has 18 heavy (non-hydrogen) atoms. The molecule has 0 atom stereocenters. The Balaban J connectivity index is 2.15. The fourth-order valence-corrected chi connectivity index (χ4v) is 2.15. The maximum atomic E-state index is 11.3. The first-order valence-electron chi connectivity index (χ1n) is 5.75. The molecule has 0 unspecified atom stereocenters. The highest BCUT2D eigenvalue weighted by molar-refractivity contribution is 6.32. The van der Waals surface area contributed by atoms with E-state index in [9.17, 15) is 9.90 Å². The van der Waals surface area contributed by atoms with Gasteiger partial charge in [-0.3, -0.25) is 0 Å². The predicted octanol–water partition coefficient (Wildman–Crippen LogP) is 3.10. The van der Waals surface area contributed by atoms with E-state index in [0.717, 1.165) is 18.5 Å². The number of rotatable bonds is 3. The Kier molecular flexibility index (Phi) is 2.59. The zero-order chi connectivity index (χ0) is 12.7. The van der Waals surface area contributed by atoms with Crippen molar-refractivity contribution in [1.82, 2.24) is 9.78 Å². The predicted molar refractivity (Wildman–Crippen MR) is 67.5 cm³/mol. The summed E-state index contributed by atoms with van der Waals surface area (Å²) in [6.45, 7) is 0. The second-order valence-electron chi connectivity index (χ2n) is 4.40. The molecule has 0 spiro atoms. The molecule has 3 rings (SSSR count). The van der Waals surface area contributed by atoms with Crippen LogP contribution in [0.4, 0.5) is 0 Å². The number of benzene rings is 1. The van der Waals surface area contributed by atoms with Gasteiger partial charge in [-0.15, -0.1) is 0 Å². The fourth-order valence-electron chi connectivity index (χ4n) is 1.94. The lowest BCUT2D eigenvalue weighted by Gasteiger charge is -2.05. The number of carbonyl (C=O) groups is 1. The highest BCUT2D eigenvalue weighted by Gasteiger charge is 2.29. The van der Waals surface area contributed by atoms with Crippen LogP contribution in [0.2, 0.25) is 5.02 Å². The van der Waals surface area contributed by atoms with Crippen molar-refractivity contribution in [2.45, 2.75) is 18.8 Å². The van der Waals surface area contributed by atoms with Crippen molar-refractivity contribution >= 4 is 17.6 Å². The summed E-state index contributed by atoms with van der Waals surface area (Å²) in [6.07, 6.45) is 2.16. The van der Waals surface area contributed by atoms with Gasteiger partial charge >= 0.3 is 5.97 Å². The van der Waals surface area contributed by atoms with Gasteiger partial charge in [-0.1, -0.05) is 23.7 Å². The SMILES string of the molecule is O=C(O)c1cc(C2CC2)nn1-c1ccccc1Cl. The standard InChI is InChI=1S/C13H11ClN2O2/c14-9-3-1-2-4-11(9)16-12(13(17)18)7-10(15-16)8-5-6-8/h1-4,7-8H,5-6H2,(H,17,18). The molecule has 1 aliphatic rings. The van der Waals surface area contributed by atoms with Gasteiger partial charge in [0, 0.05) is 5.92 Å². The zero-order valence-corrected chi connectivity index (χ0v) is 10.3. The normalized spacial score (nSPS) is 14.7. The molecule has 0 radical (unpaired) electrons. The Morgan fingerprint density at radius 2 is 2.11 bits per heavy atom. The molecular formula is C13H11ClN2O2. The summed E-state index contributed by atoms with van der Waals surface area (Å²) in [5.41, 5.74) is 1.60. The van der Waals surface area contributed by atoms with Crippen LogP contribution in [0.3, 0.4) is 0 Å². The number of aromatic nitrogens is 2. The molecule has 0 amide bonds. The minimum atomic E-state index is -0.991. The molecule has 2 aromatic rings. The minimum absolute atomic E-state index is 0.157. The van der Waals surface area contributed by atoms with Crippen LogP contribution >= 0.6 is 11.6 Å². The highest BCUT2D eigenvalue weighted by atomic mass is 35.5. The Morgan fingerprint density at radius 1 is 1.39 bits per heavy atom. The van der Waals surface area contributed by atoms with E-state index >= 15 is 0 Å². The van der Waals surface area contributed by atoms with Crippen LogP contribution < -0.4 is 0 Å². The van der Waals surface area contributed by atoms with Crippen LogP contribution in [0.25, 0.3) is 5.69 Å². The fraction of sp³-hybridized carbons (Fsp3) is 0.231. The van der Waals surface area contributed by atoms with Crippen molar-refractivity contribution in [3.63, 3.8) is 0 Å². The lowest BCUT2D eigenvalue weighted by atomic mass is 10.2. The summed E-state index contributed by atoms with van der Waals surface area (Å²) in [5, 5.41) is 14.1. The summed E-state index contributed by atoms with van der Waals surface area (Å²) >= 11 is 6.09. The van der Waals surface area contributed by atoms with Crippen molar-refractivity contribution in [2.75, 3.05) is 0 Å². The molecule has 92 valence electrons. The number of carboxylic acid groups (broad SMARTS) is 1. The quantitative estimate of drug-likeness (QED) is 0.925. The van der Waals surface area contributed by atoms with Gasteiger partial charge in [-0.25, -0.2) is 9.48 Å². The van der Waals surface area contributed by atoms with E-state index in [4.69, 9.17) is 11.6 Å². The van der Waals surface area contributed by atoms with E-state index in [-0.39, 0.29) is 5.69 Å². The van der Waals surface area contributed by atoms with Crippen LogP contribution in [0.5, 0.6) is 0 Å². The van der Waals surface area contributed by atoms with Gasteiger partial charge in [-0.05, 0) is 31.0 Å². The monoisotopic (exact) mass is 262 g/mol. The number of halogens is 1. The number of carboxylic acids is 1. The maximum absolute atomic E-state index is 11.3. The molecule has 1 heterocycles. The van der Waals surface area contributed by atoms with Gasteiger partial charge in [0.25, 0.3) is 0 Å². The smallest absolute Gasteiger partial charge is 0.354 e. The molecule has 1 aromatic carbocycles. The lowest BCUT2D eigenvalue weighted by molar-refractivity contribution is 0.0687. The Hall–Kier alpha value is -1.81. The third-order valence-electron chi connectivity index (χ3n) is 3.02. The molecular weight excluding hydrogens is 252 g/mol. The van der Waals surface area contributed by atoms with E-state index in [0.29, 0.717) is 16.6 Å². The van der Waals surface area contributed by atoms with Crippen molar-refractivity contribution in [1.29, 1.82) is 0 Å². The van der Waals surface area contributed by atoms with Crippen LogP contribution in [0.15, 0.2) is 30.3 Å². The Bertz CT molecular complexity index is 617. The third-order valence-corrected chi connectivity index (χ3v) is 3.34. The molecule has 1 fully saturated rings. The van der Waals surface area contributed by atoms with E-state index in [1.807, 2.05) is 6.07 Å². The Labute approximate surface area is 109 Å². The van der Waals surface area contributed by atoms with E-state index < -0.39 is 5.97 Å². The maximum Gasteiger partial charge on any atom is 0.354 e. The topological polar surface area (TPSA) is 55.1 Å². The summed E-state index contributed by atoms with van der Waals surface area (Å²) in [7, 11) is 0. The minimum Gasteiger partial charge on any atom is -0.477 e. The lowest BCUT2D eigenvalue weighted by Crippen LogP contribution is -2.08. The number of hydrogen-bond acceptors (Lipinski definition) is 2. The van der Waals surface area contributed by atoms with Gasteiger partial charge in [-0.2, -0.15) is 5.10 Å².